The summed E-state index contributed by atoms with van der Waals surface area (Å²) in [6, 6.07) is 12.7. The Morgan fingerprint density at radius 2 is 1.70 bits per heavy atom. The molecule has 1 fully saturated rings. The van der Waals surface area contributed by atoms with Gasteiger partial charge in [0.2, 0.25) is 0 Å². The van der Waals surface area contributed by atoms with Crippen LogP contribution in [-0.4, -0.2) is 23.3 Å². The second-order valence-corrected chi connectivity index (χ2v) is 6.76. The normalized spacial score (nSPS) is 14.5. The summed E-state index contributed by atoms with van der Waals surface area (Å²) in [5.41, 5.74) is 1.58. The number of ketones is 1. The molecule has 0 spiro atoms. The summed E-state index contributed by atoms with van der Waals surface area (Å²) in [7, 11) is 0. The molecule has 27 heavy (non-hydrogen) atoms. The highest BCUT2D eigenvalue weighted by Crippen LogP contribution is 2.32. The zero-order valence-corrected chi connectivity index (χ0v) is 14.9. The van der Waals surface area contributed by atoms with Crippen LogP contribution in [0.1, 0.15) is 64.3 Å². The van der Waals surface area contributed by atoms with Crippen molar-refractivity contribution in [1.29, 1.82) is 0 Å². The molecule has 1 aliphatic carbocycles. The summed E-state index contributed by atoms with van der Waals surface area (Å²) in [6.07, 6.45) is 6.17. The first-order chi connectivity index (χ1) is 13.0. The Bertz CT molecular complexity index is 838. The number of benzene rings is 2. The summed E-state index contributed by atoms with van der Waals surface area (Å²) < 4.78 is 5.01. The van der Waals surface area contributed by atoms with Crippen LogP contribution < -0.4 is 0 Å². The van der Waals surface area contributed by atoms with E-state index < -0.39 is 17.5 Å². The van der Waals surface area contributed by atoms with Gasteiger partial charge in [-0.05, 0) is 30.4 Å². The van der Waals surface area contributed by atoms with Crippen LogP contribution in [0.4, 0.5) is 5.69 Å². The van der Waals surface area contributed by atoms with Crippen LogP contribution >= 0.6 is 0 Å². The lowest BCUT2D eigenvalue weighted by Crippen LogP contribution is -2.14. The molecule has 1 saturated carbocycles. The molecule has 3 rings (SSSR count). The van der Waals surface area contributed by atoms with Gasteiger partial charge < -0.3 is 4.74 Å². The molecule has 0 aromatic heterocycles. The summed E-state index contributed by atoms with van der Waals surface area (Å²) >= 11 is 0. The van der Waals surface area contributed by atoms with Gasteiger partial charge in [-0.1, -0.05) is 49.6 Å². The second-order valence-electron chi connectivity index (χ2n) is 6.76. The van der Waals surface area contributed by atoms with Gasteiger partial charge in [-0.15, -0.1) is 0 Å². The Hall–Kier alpha value is -3.02. The van der Waals surface area contributed by atoms with Crippen molar-refractivity contribution in [1.82, 2.24) is 0 Å². The number of Topliss-reactive ketones (excluding diaryl/α,β-unsaturated/α-hetero) is 1. The number of esters is 1. The fourth-order valence-electron chi connectivity index (χ4n) is 3.42. The number of ether oxygens (including phenoxy) is 1. The Morgan fingerprint density at radius 1 is 1.00 bits per heavy atom. The highest BCUT2D eigenvalue weighted by Gasteiger charge is 2.17. The molecule has 6 heteroatoms. The quantitative estimate of drug-likeness (QED) is 0.320. The fraction of sp³-hybridized carbons (Fsp3) is 0.333. The number of rotatable bonds is 6. The molecule has 0 unspecified atom stereocenters. The Kier molecular flexibility index (Phi) is 5.96. The molecule has 2 aromatic rings. The predicted octanol–water partition coefficient (Wildman–Crippen LogP) is 4.68. The van der Waals surface area contributed by atoms with E-state index in [2.05, 4.69) is 0 Å². The molecule has 0 aliphatic heterocycles. The van der Waals surface area contributed by atoms with Crippen molar-refractivity contribution in [3.05, 3.63) is 75.3 Å². The second kappa shape index (κ2) is 8.58. The molecule has 0 N–H and O–H groups in total. The zero-order chi connectivity index (χ0) is 19.2. The zero-order valence-electron chi connectivity index (χ0n) is 14.9. The molecular formula is C21H21NO5. The minimum atomic E-state index is -0.758. The van der Waals surface area contributed by atoms with Crippen molar-refractivity contribution >= 4 is 17.4 Å². The van der Waals surface area contributed by atoms with Crippen LogP contribution in [0, 0.1) is 10.1 Å². The van der Waals surface area contributed by atoms with E-state index in [0.29, 0.717) is 11.5 Å². The van der Waals surface area contributed by atoms with Crippen molar-refractivity contribution in [2.24, 2.45) is 0 Å². The molecule has 0 amide bonds. The number of hydrogen-bond acceptors (Lipinski definition) is 5. The van der Waals surface area contributed by atoms with Gasteiger partial charge in [0.05, 0.1) is 10.5 Å². The topological polar surface area (TPSA) is 86.5 Å². The van der Waals surface area contributed by atoms with E-state index in [4.69, 9.17) is 4.74 Å². The highest BCUT2D eigenvalue weighted by atomic mass is 16.6. The number of nitrogens with zero attached hydrogens (tertiary/aromatic N) is 1. The highest BCUT2D eigenvalue weighted by molar-refractivity contribution is 5.99. The third-order valence-electron chi connectivity index (χ3n) is 4.94. The third kappa shape index (κ3) is 4.78. The maximum absolute atomic E-state index is 12.3. The smallest absolute Gasteiger partial charge is 0.338 e. The first-order valence-corrected chi connectivity index (χ1v) is 9.09. The van der Waals surface area contributed by atoms with Gasteiger partial charge in [-0.25, -0.2) is 4.79 Å². The van der Waals surface area contributed by atoms with E-state index in [0.717, 1.165) is 6.07 Å². The lowest BCUT2D eigenvalue weighted by atomic mass is 9.84. The molecule has 0 atom stereocenters. The molecular weight excluding hydrogens is 346 g/mol. The Labute approximate surface area is 157 Å². The van der Waals surface area contributed by atoms with E-state index >= 15 is 0 Å². The average Bonchev–Trinajstić information content (AvgIpc) is 2.72. The average molecular weight is 367 g/mol. The van der Waals surface area contributed by atoms with Crippen molar-refractivity contribution < 1.29 is 19.2 Å². The molecule has 140 valence electrons. The van der Waals surface area contributed by atoms with Crippen molar-refractivity contribution in [3.8, 4) is 0 Å². The molecule has 0 bridgehead atoms. The van der Waals surface area contributed by atoms with E-state index in [9.17, 15) is 19.7 Å². The molecule has 0 radical (unpaired) electrons. The Balaban J connectivity index is 1.58. The molecule has 1 aliphatic rings. The van der Waals surface area contributed by atoms with Crippen LogP contribution in [0.2, 0.25) is 0 Å². The summed E-state index contributed by atoms with van der Waals surface area (Å²) in [4.78, 5) is 34.5. The number of carbonyl (C=O) groups is 2. The number of nitro groups is 1. The van der Waals surface area contributed by atoms with Crippen LogP contribution in [-0.2, 0) is 4.74 Å². The first kappa shape index (κ1) is 18.8. The predicted molar refractivity (Wildman–Crippen MR) is 100.0 cm³/mol. The first-order valence-electron chi connectivity index (χ1n) is 9.09. The van der Waals surface area contributed by atoms with Crippen LogP contribution in [0.3, 0.4) is 0 Å². The lowest BCUT2D eigenvalue weighted by Gasteiger charge is -2.22. The number of nitro benzene ring substituents is 1. The van der Waals surface area contributed by atoms with Gasteiger partial charge in [-0.2, -0.15) is 0 Å². The summed E-state index contributed by atoms with van der Waals surface area (Å²) in [6.45, 7) is -0.399. The van der Waals surface area contributed by atoms with Gasteiger partial charge in [0.25, 0.3) is 5.69 Å². The monoisotopic (exact) mass is 367 g/mol. The molecule has 2 aromatic carbocycles. The number of non-ortho nitro benzene ring substituents is 1. The SMILES string of the molecule is O=C(COC(=O)c1cccc([N+](=O)[O-])c1)c1ccc(C2CCCCC2)cc1. The number of hydrogen-bond donors (Lipinski definition) is 0. The fourth-order valence-corrected chi connectivity index (χ4v) is 3.42. The van der Waals surface area contributed by atoms with Gasteiger partial charge in [0, 0.05) is 17.7 Å². The van der Waals surface area contributed by atoms with Gasteiger partial charge in [0.15, 0.2) is 12.4 Å². The van der Waals surface area contributed by atoms with Crippen molar-refractivity contribution in [2.75, 3.05) is 6.61 Å². The molecule has 6 nitrogen and oxygen atoms in total. The minimum Gasteiger partial charge on any atom is -0.454 e. The maximum atomic E-state index is 12.3. The molecule has 0 heterocycles. The van der Waals surface area contributed by atoms with E-state index in [1.165, 1.54) is 55.9 Å². The van der Waals surface area contributed by atoms with Gasteiger partial charge >= 0.3 is 5.97 Å². The number of carbonyl (C=O) groups excluding carboxylic acids is 2. The van der Waals surface area contributed by atoms with Gasteiger partial charge in [0.1, 0.15) is 0 Å². The standard InChI is InChI=1S/C21H21NO5/c23-20(14-27-21(24)18-7-4-8-19(13-18)22(25)26)17-11-9-16(10-12-17)15-5-2-1-3-6-15/h4,7-13,15H,1-3,5-6,14H2. The third-order valence-corrected chi connectivity index (χ3v) is 4.94. The van der Waals surface area contributed by atoms with E-state index in [-0.39, 0.29) is 17.0 Å². The van der Waals surface area contributed by atoms with E-state index in [1.807, 2.05) is 12.1 Å². The maximum Gasteiger partial charge on any atom is 0.338 e. The summed E-state index contributed by atoms with van der Waals surface area (Å²) in [5.74, 6) is -0.496. The Morgan fingerprint density at radius 3 is 2.37 bits per heavy atom. The van der Waals surface area contributed by atoms with Gasteiger partial charge in [-0.3, -0.25) is 14.9 Å². The van der Waals surface area contributed by atoms with Crippen LogP contribution in [0.25, 0.3) is 0 Å². The minimum absolute atomic E-state index is 0.0460. The van der Waals surface area contributed by atoms with E-state index in [1.54, 1.807) is 12.1 Å². The largest absolute Gasteiger partial charge is 0.454 e. The van der Waals surface area contributed by atoms with Crippen molar-refractivity contribution in [2.45, 2.75) is 38.0 Å². The van der Waals surface area contributed by atoms with Crippen molar-refractivity contribution in [3.63, 3.8) is 0 Å². The molecule has 0 saturated heterocycles. The van der Waals surface area contributed by atoms with Crippen LogP contribution in [0.15, 0.2) is 48.5 Å². The summed E-state index contributed by atoms with van der Waals surface area (Å²) in [5, 5.41) is 10.8. The lowest BCUT2D eigenvalue weighted by molar-refractivity contribution is -0.384. The van der Waals surface area contributed by atoms with Crippen LogP contribution in [0.5, 0.6) is 0 Å².